The molecule has 1 N–H and O–H groups in total. The Morgan fingerprint density at radius 3 is 2.44 bits per heavy atom. The Balaban J connectivity index is 2.01. The van der Waals surface area contributed by atoms with E-state index in [1.165, 1.54) is 45.4 Å². The number of piperazine rings is 1. The third-order valence-corrected chi connectivity index (χ3v) is 3.75. The number of nitrogens with zero attached hydrogens (tertiary/aromatic N) is 2. The zero-order chi connectivity index (χ0) is 13.6. The summed E-state index contributed by atoms with van der Waals surface area (Å²) in [5.41, 5.74) is 0.270. The number of likely N-dealkylation sites (N-methyl/N-ethyl adjacent to an activating group) is 1. The molecule has 1 heterocycles. The quantitative estimate of drug-likeness (QED) is 0.734. The smallest absolute Gasteiger partial charge is 0.0195 e. The Morgan fingerprint density at radius 1 is 1.11 bits per heavy atom. The number of hydrogen-bond donors (Lipinski definition) is 1. The maximum absolute atomic E-state index is 3.55. The zero-order valence-corrected chi connectivity index (χ0v) is 13.1. The largest absolute Gasteiger partial charge is 0.312 e. The fraction of sp³-hybridized carbons (Fsp3) is 1.00. The van der Waals surface area contributed by atoms with Crippen molar-refractivity contribution >= 4 is 0 Å². The lowest BCUT2D eigenvalue weighted by Crippen LogP contribution is -2.50. The minimum atomic E-state index is 0.270. The summed E-state index contributed by atoms with van der Waals surface area (Å²) in [6, 6.07) is 0.733. The third-order valence-electron chi connectivity index (χ3n) is 3.75. The van der Waals surface area contributed by atoms with E-state index in [1.807, 2.05) is 0 Å². The lowest BCUT2D eigenvalue weighted by Gasteiger charge is -2.38. The van der Waals surface area contributed by atoms with Gasteiger partial charge in [0.2, 0.25) is 0 Å². The van der Waals surface area contributed by atoms with Crippen molar-refractivity contribution in [3.8, 4) is 0 Å². The van der Waals surface area contributed by atoms with Crippen LogP contribution in [-0.2, 0) is 0 Å². The molecule has 0 aromatic carbocycles. The van der Waals surface area contributed by atoms with E-state index in [2.05, 4.69) is 49.9 Å². The van der Waals surface area contributed by atoms with Crippen molar-refractivity contribution in [3.05, 3.63) is 0 Å². The van der Waals surface area contributed by atoms with Gasteiger partial charge in [-0.1, -0.05) is 6.42 Å². The van der Waals surface area contributed by atoms with Crippen LogP contribution in [0, 0.1) is 0 Å². The monoisotopic (exact) mass is 255 g/mol. The SMILES string of the molecule is CC1CN(C)CCN1CCCCCNC(C)(C)C. The van der Waals surface area contributed by atoms with Crippen molar-refractivity contribution in [2.45, 2.75) is 58.5 Å². The average molecular weight is 255 g/mol. The zero-order valence-electron chi connectivity index (χ0n) is 13.1. The average Bonchev–Trinajstić information content (AvgIpc) is 2.24. The molecule has 0 radical (unpaired) electrons. The number of nitrogens with one attached hydrogen (secondary N) is 1. The van der Waals surface area contributed by atoms with Gasteiger partial charge in [-0.05, 0) is 60.7 Å². The highest BCUT2D eigenvalue weighted by Gasteiger charge is 2.20. The van der Waals surface area contributed by atoms with Crippen LogP contribution < -0.4 is 5.32 Å². The summed E-state index contributed by atoms with van der Waals surface area (Å²) in [6.45, 7) is 15.2. The van der Waals surface area contributed by atoms with Gasteiger partial charge in [-0.15, -0.1) is 0 Å². The molecule has 3 nitrogen and oxygen atoms in total. The molecule has 18 heavy (non-hydrogen) atoms. The van der Waals surface area contributed by atoms with Crippen LogP contribution in [0.25, 0.3) is 0 Å². The number of hydrogen-bond acceptors (Lipinski definition) is 3. The minimum Gasteiger partial charge on any atom is -0.312 e. The Morgan fingerprint density at radius 2 is 1.83 bits per heavy atom. The van der Waals surface area contributed by atoms with Gasteiger partial charge in [0, 0.05) is 31.2 Å². The Labute approximate surface area is 114 Å². The molecule has 3 heteroatoms. The topological polar surface area (TPSA) is 18.5 Å². The minimum absolute atomic E-state index is 0.270. The van der Waals surface area contributed by atoms with E-state index in [9.17, 15) is 0 Å². The molecule has 0 aromatic rings. The van der Waals surface area contributed by atoms with Gasteiger partial charge < -0.3 is 10.2 Å². The molecular formula is C15H33N3. The van der Waals surface area contributed by atoms with Crippen LogP contribution in [-0.4, -0.2) is 61.2 Å². The van der Waals surface area contributed by atoms with Crippen molar-refractivity contribution in [2.24, 2.45) is 0 Å². The van der Waals surface area contributed by atoms with E-state index >= 15 is 0 Å². The standard InChI is InChI=1S/C15H33N3/c1-14-13-17(5)11-12-18(14)10-8-6-7-9-16-15(2,3)4/h14,16H,6-13H2,1-5H3. The summed E-state index contributed by atoms with van der Waals surface area (Å²) in [5.74, 6) is 0. The summed E-state index contributed by atoms with van der Waals surface area (Å²) >= 11 is 0. The predicted octanol–water partition coefficient (Wildman–Crippen LogP) is 2.18. The first-order valence-corrected chi connectivity index (χ1v) is 7.56. The molecule has 1 aliphatic rings. The normalized spacial score (nSPS) is 23.5. The van der Waals surface area contributed by atoms with Gasteiger partial charge in [-0.2, -0.15) is 0 Å². The number of rotatable bonds is 6. The predicted molar refractivity (Wildman–Crippen MR) is 80.1 cm³/mol. The van der Waals surface area contributed by atoms with E-state index < -0.39 is 0 Å². The molecule has 1 rings (SSSR count). The summed E-state index contributed by atoms with van der Waals surface area (Å²) in [7, 11) is 2.23. The van der Waals surface area contributed by atoms with Crippen molar-refractivity contribution in [1.29, 1.82) is 0 Å². The van der Waals surface area contributed by atoms with E-state index in [4.69, 9.17) is 0 Å². The molecule has 1 saturated heterocycles. The van der Waals surface area contributed by atoms with Crippen LogP contribution in [0.2, 0.25) is 0 Å². The van der Waals surface area contributed by atoms with Crippen molar-refractivity contribution < 1.29 is 0 Å². The van der Waals surface area contributed by atoms with Crippen molar-refractivity contribution in [2.75, 3.05) is 39.8 Å². The second-order valence-electron chi connectivity index (χ2n) is 6.88. The highest BCUT2D eigenvalue weighted by molar-refractivity contribution is 4.77. The Hall–Kier alpha value is -0.120. The van der Waals surface area contributed by atoms with Gasteiger partial charge in [0.15, 0.2) is 0 Å². The van der Waals surface area contributed by atoms with Gasteiger partial charge in [-0.3, -0.25) is 4.90 Å². The molecule has 0 bridgehead atoms. The van der Waals surface area contributed by atoms with Crippen LogP contribution in [0.1, 0.15) is 47.0 Å². The Bertz CT molecular complexity index is 222. The summed E-state index contributed by atoms with van der Waals surface area (Å²) < 4.78 is 0. The van der Waals surface area contributed by atoms with Gasteiger partial charge in [0.05, 0.1) is 0 Å². The molecular weight excluding hydrogens is 222 g/mol. The van der Waals surface area contributed by atoms with E-state index in [-0.39, 0.29) is 5.54 Å². The number of unbranched alkanes of at least 4 members (excludes halogenated alkanes) is 2. The molecule has 0 aromatic heterocycles. The Kier molecular flexibility index (Phi) is 6.61. The third kappa shape index (κ3) is 6.72. The summed E-state index contributed by atoms with van der Waals surface area (Å²) in [5, 5.41) is 3.55. The first-order chi connectivity index (χ1) is 8.38. The highest BCUT2D eigenvalue weighted by Crippen LogP contribution is 2.09. The second kappa shape index (κ2) is 7.46. The maximum atomic E-state index is 3.55. The molecule has 1 fully saturated rings. The molecule has 1 aliphatic heterocycles. The fourth-order valence-corrected chi connectivity index (χ4v) is 2.59. The van der Waals surface area contributed by atoms with Crippen LogP contribution >= 0.6 is 0 Å². The van der Waals surface area contributed by atoms with E-state index in [0.717, 1.165) is 12.6 Å². The van der Waals surface area contributed by atoms with Crippen molar-refractivity contribution in [1.82, 2.24) is 15.1 Å². The molecule has 0 spiro atoms. The molecule has 0 amide bonds. The van der Waals surface area contributed by atoms with Gasteiger partial charge >= 0.3 is 0 Å². The lowest BCUT2D eigenvalue weighted by atomic mass is 10.1. The maximum Gasteiger partial charge on any atom is 0.0195 e. The lowest BCUT2D eigenvalue weighted by molar-refractivity contribution is 0.0984. The van der Waals surface area contributed by atoms with E-state index in [0.29, 0.717) is 0 Å². The van der Waals surface area contributed by atoms with Gasteiger partial charge in [0.25, 0.3) is 0 Å². The molecule has 0 aliphatic carbocycles. The molecule has 0 saturated carbocycles. The van der Waals surface area contributed by atoms with Gasteiger partial charge in [0.1, 0.15) is 0 Å². The van der Waals surface area contributed by atoms with Crippen LogP contribution in [0.15, 0.2) is 0 Å². The second-order valence-corrected chi connectivity index (χ2v) is 6.88. The first kappa shape index (κ1) is 15.9. The summed E-state index contributed by atoms with van der Waals surface area (Å²) in [4.78, 5) is 5.09. The molecule has 1 atom stereocenters. The first-order valence-electron chi connectivity index (χ1n) is 7.56. The van der Waals surface area contributed by atoms with Crippen LogP contribution in [0.5, 0.6) is 0 Å². The fourth-order valence-electron chi connectivity index (χ4n) is 2.59. The van der Waals surface area contributed by atoms with E-state index in [1.54, 1.807) is 0 Å². The highest BCUT2D eigenvalue weighted by atomic mass is 15.3. The summed E-state index contributed by atoms with van der Waals surface area (Å²) in [6.07, 6.45) is 4.00. The van der Waals surface area contributed by atoms with Crippen LogP contribution in [0.4, 0.5) is 0 Å². The molecule has 108 valence electrons. The molecule has 1 unspecified atom stereocenters. The van der Waals surface area contributed by atoms with Crippen molar-refractivity contribution in [3.63, 3.8) is 0 Å². The van der Waals surface area contributed by atoms with Gasteiger partial charge in [-0.25, -0.2) is 0 Å². The van der Waals surface area contributed by atoms with Crippen LogP contribution in [0.3, 0.4) is 0 Å².